The Morgan fingerprint density at radius 3 is 3.00 bits per heavy atom. The molecule has 0 saturated carbocycles. The number of likely N-dealkylation sites (tertiary alicyclic amines) is 1. The zero-order valence-corrected chi connectivity index (χ0v) is 12.5. The molecule has 0 aliphatic carbocycles. The minimum Gasteiger partial charge on any atom is -0.465 e. The molecule has 1 aromatic heterocycles. The van der Waals surface area contributed by atoms with Gasteiger partial charge in [0.05, 0.1) is 17.1 Å². The largest absolute Gasteiger partial charge is 0.465 e. The summed E-state index contributed by atoms with van der Waals surface area (Å²) >= 11 is 1.16. The standard InChI is InChI=1S/C14H17F2NO3S/c1-8-7-14(3-4-17(8)13(18)19)9-6-11(12(15)16)21-10(9)2-5-20-14/h6,8,12H,2-5,7H2,1H3,(H,18,19)/t8-,14+/m0/s1. The first-order chi connectivity index (χ1) is 9.93. The first-order valence-electron chi connectivity index (χ1n) is 6.98. The van der Waals surface area contributed by atoms with Crippen molar-refractivity contribution in [3.8, 4) is 0 Å². The van der Waals surface area contributed by atoms with Gasteiger partial charge in [0.1, 0.15) is 0 Å². The fraction of sp³-hybridized carbons (Fsp3) is 0.643. The lowest BCUT2D eigenvalue weighted by molar-refractivity contribution is -0.106. The molecule has 21 heavy (non-hydrogen) atoms. The Hall–Kier alpha value is -1.21. The molecular weight excluding hydrogens is 300 g/mol. The zero-order chi connectivity index (χ0) is 15.2. The second kappa shape index (κ2) is 5.21. The van der Waals surface area contributed by atoms with Gasteiger partial charge in [0, 0.05) is 30.3 Å². The lowest BCUT2D eigenvalue weighted by Gasteiger charge is -2.46. The molecule has 116 valence electrons. The summed E-state index contributed by atoms with van der Waals surface area (Å²) in [7, 11) is 0. The summed E-state index contributed by atoms with van der Waals surface area (Å²) < 4.78 is 31.8. The van der Waals surface area contributed by atoms with E-state index in [0.717, 1.165) is 21.8 Å². The third kappa shape index (κ3) is 2.42. The van der Waals surface area contributed by atoms with E-state index in [4.69, 9.17) is 9.84 Å². The Bertz CT molecular complexity index is 562. The van der Waals surface area contributed by atoms with Gasteiger partial charge >= 0.3 is 6.09 Å². The molecule has 0 aromatic carbocycles. The summed E-state index contributed by atoms with van der Waals surface area (Å²) in [6, 6.07) is 1.38. The van der Waals surface area contributed by atoms with Crippen LogP contribution in [-0.2, 0) is 16.8 Å². The van der Waals surface area contributed by atoms with Crippen molar-refractivity contribution in [3.05, 3.63) is 21.4 Å². The van der Waals surface area contributed by atoms with Crippen LogP contribution >= 0.6 is 11.3 Å². The SMILES string of the molecule is C[C@H]1C[C@@]2(CCN1C(=O)O)OCCc1sc(C(F)F)cc12. The van der Waals surface area contributed by atoms with Crippen LogP contribution in [0, 0.1) is 0 Å². The fourth-order valence-corrected chi connectivity index (χ4v) is 4.51. The summed E-state index contributed by atoms with van der Waals surface area (Å²) in [5, 5.41) is 9.16. The van der Waals surface area contributed by atoms with E-state index in [0.29, 0.717) is 32.4 Å². The van der Waals surface area contributed by atoms with Crippen LogP contribution in [0.1, 0.15) is 41.5 Å². The predicted molar refractivity (Wildman–Crippen MR) is 74.0 cm³/mol. The van der Waals surface area contributed by atoms with Gasteiger partial charge in [0.15, 0.2) is 0 Å². The number of halogens is 2. The fourth-order valence-electron chi connectivity index (χ4n) is 3.42. The number of ether oxygens (including phenoxy) is 1. The van der Waals surface area contributed by atoms with Gasteiger partial charge in [0.2, 0.25) is 0 Å². The number of thiophene rings is 1. The van der Waals surface area contributed by atoms with Crippen LogP contribution in [0.15, 0.2) is 6.07 Å². The topological polar surface area (TPSA) is 49.8 Å². The number of alkyl halides is 2. The Kier molecular flexibility index (Phi) is 3.65. The van der Waals surface area contributed by atoms with Crippen LogP contribution in [0.2, 0.25) is 0 Å². The molecule has 1 aromatic rings. The molecule has 2 aliphatic heterocycles. The van der Waals surface area contributed by atoms with Crippen LogP contribution in [-0.4, -0.2) is 35.3 Å². The quantitative estimate of drug-likeness (QED) is 0.861. The van der Waals surface area contributed by atoms with E-state index in [9.17, 15) is 13.6 Å². The highest BCUT2D eigenvalue weighted by molar-refractivity contribution is 7.12. The number of nitrogens with zero attached hydrogens (tertiary/aromatic N) is 1. The van der Waals surface area contributed by atoms with Crippen molar-refractivity contribution in [2.45, 2.75) is 44.3 Å². The van der Waals surface area contributed by atoms with Crippen molar-refractivity contribution < 1.29 is 23.4 Å². The molecule has 0 radical (unpaired) electrons. The maximum atomic E-state index is 12.9. The summed E-state index contributed by atoms with van der Waals surface area (Å²) in [5.74, 6) is 0. The third-order valence-corrected chi connectivity index (χ3v) is 5.60. The molecule has 1 amide bonds. The highest BCUT2D eigenvalue weighted by Crippen LogP contribution is 2.47. The molecule has 1 spiro atoms. The number of amides is 1. The van der Waals surface area contributed by atoms with Crippen LogP contribution in [0.3, 0.4) is 0 Å². The number of hydrogen-bond donors (Lipinski definition) is 1. The molecule has 7 heteroatoms. The first-order valence-corrected chi connectivity index (χ1v) is 7.79. The zero-order valence-electron chi connectivity index (χ0n) is 11.6. The molecule has 1 fully saturated rings. The summed E-state index contributed by atoms with van der Waals surface area (Å²) in [6.45, 7) is 2.72. The average molecular weight is 317 g/mol. The molecule has 4 nitrogen and oxygen atoms in total. The van der Waals surface area contributed by atoms with Gasteiger partial charge in [-0.1, -0.05) is 0 Å². The van der Waals surface area contributed by atoms with E-state index in [1.165, 1.54) is 4.90 Å². The number of rotatable bonds is 1. The summed E-state index contributed by atoms with van der Waals surface area (Å²) in [4.78, 5) is 13.6. The van der Waals surface area contributed by atoms with Gasteiger partial charge < -0.3 is 14.7 Å². The van der Waals surface area contributed by atoms with E-state index in [1.807, 2.05) is 6.92 Å². The van der Waals surface area contributed by atoms with Crippen molar-refractivity contribution >= 4 is 17.4 Å². The molecule has 3 rings (SSSR count). The molecular formula is C14H17F2NO3S. The van der Waals surface area contributed by atoms with Crippen molar-refractivity contribution in [2.75, 3.05) is 13.2 Å². The van der Waals surface area contributed by atoms with E-state index >= 15 is 0 Å². The number of carbonyl (C=O) groups is 1. The molecule has 0 unspecified atom stereocenters. The summed E-state index contributed by atoms with van der Waals surface area (Å²) in [6.07, 6.45) is -1.70. The highest BCUT2D eigenvalue weighted by atomic mass is 32.1. The number of piperidine rings is 1. The average Bonchev–Trinajstić information content (AvgIpc) is 2.84. The highest BCUT2D eigenvalue weighted by Gasteiger charge is 2.45. The minimum absolute atomic E-state index is 0.0817. The van der Waals surface area contributed by atoms with Gasteiger partial charge in [0.25, 0.3) is 6.43 Å². The summed E-state index contributed by atoms with van der Waals surface area (Å²) in [5.41, 5.74) is 0.258. The van der Waals surface area contributed by atoms with E-state index in [1.54, 1.807) is 6.07 Å². The van der Waals surface area contributed by atoms with Crippen LogP contribution in [0.4, 0.5) is 13.6 Å². The van der Waals surface area contributed by atoms with Gasteiger partial charge in [-0.2, -0.15) is 0 Å². The molecule has 2 atom stereocenters. The van der Waals surface area contributed by atoms with Crippen molar-refractivity contribution in [1.82, 2.24) is 4.90 Å². The smallest absolute Gasteiger partial charge is 0.407 e. The maximum absolute atomic E-state index is 12.9. The van der Waals surface area contributed by atoms with E-state index < -0.39 is 18.1 Å². The van der Waals surface area contributed by atoms with Crippen molar-refractivity contribution in [2.24, 2.45) is 0 Å². The normalized spacial score (nSPS) is 29.0. The Labute approximate surface area is 125 Å². The second-order valence-corrected chi connectivity index (χ2v) is 6.83. The third-order valence-electron chi connectivity index (χ3n) is 4.40. The van der Waals surface area contributed by atoms with Gasteiger partial charge in [-0.05, 0) is 25.0 Å². The van der Waals surface area contributed by atoms with Crippen molar-refractivity contribution in [1.29, 1.82) is 0 Å². The van der Waals surface area contributed by atoms with Gasteiger partial charge in [-0.25, -0.2) is 13.6 Å². The molecule has 1 saturated heterocycles. The number of fused-ring (bicyclic) bond motifs is 2. The lowest BCUT2D eigenvalue weighted by atomic mass is 9.79. The van der Waals surface area contributed by atoms with Crippen LogP contribution in [0.5, 0.6) is 0 Å². The number of carboxylic acid groups (broad SMARTS) is 1. The minimum atomic E-state index is -2.46. The molecule has 2 aliphatic rings. The van der Waals surface area contributed by atoms with Gasteiger partial charge in [-0.15, -0.1) is 11.3 Å². The first kappa shape index (κ1) is 14.7. The lowest BCUT2D eigenvalue weighted by Crippen LogP contribution is -2.52. The molecule has 1 N–H and O–H groups in total. The van der Waals surface area contributed by atoms with Crippen molar-refractivity contribution in [3.63, 3.8) is 0 Å². The number of hydrogen-bond acceptors (Lipinski definition) is 3. The maximum Gasteiger partial charge on any atom is 0.407 e. The molecule has 0 bridgehead atoms. The monoisotopic (exact) mass is 317 g/mol. The van der Waals surface area contributed by atoms with E-state index in [-0.39, 0.29) is 10.9 Å². The van der Waals surface area contributed by atoms with E-state index in [2.05, 4.69) is 0 Å². The predicted octanol–water partition coefficient (Wildman–Crippen LogP) is 3.62. The Morgan fingerprint density at radius 1 is 1.62 bits per heavy atom. The van der Waals surface area contributed by atoms with Crippen LogP contribution < -0.4 is 0 Å². The Morgan fingerprint density at radius 2 is 2.38 bits per heavy atom. The Balaban J connectivity index is 1.93. The van der Waals surface area contributed by atoms with Gasteiger partial charge in [-0.3, -0.25) is 0 Å². The second-order valence-electron chi connectivity index (χ2n) is 5.66. The van der Waals surface area contributed by atoms with Crippen LogP contribution in [0.25, 0.3) is 0 Å². The molecule has 3 heterocycles.